The lowest BCUT2D eigenvalue weighted by Crippen LogP contribution is -2.53. The van der Waals surface area contributed by atoms with Gasteiger partial charge in [0.2, 0.25) is 11.9 Å². The standard InChI is InChI=1S/C21H25N9O6S/c1-14-10-15(11-22)24-21(23-14)28-4-6-30(7-5-28)37(34,35)18-3-2-17(26-27-18)25-20(33)16-13-36-9-8-29(16)12-19(31)32/h2-3,10,16H,4-9,12-13H2,1H3,(H,31,32)(H,25,26,33)/t16-/m1/s1. The van der Waals surface area contributed by atoms with E-state index in [-0.39, 0.29) is 49.3 Å². The van der Waals surface area contributed by atoms with E-state index in [4.69, 9.17) is 15.1 Å². The van der Waals surface area contributed by atoms with Crippen molar-refractivity contribution in [3.8, 4) is 6.07 Å². The minimum atomic E-state index is -3.94. The molecule has 4 rings (SSSR count). The summed E-state index contributed by atoms with van der Waals surface area (Å²) in [5, 5.41) is 28.1. The van der Waals surface area contributed by atoms with Gasteiger partial charge in [0.05, 0.1) is 19.8 Å². The fourth-order valence-corrected chi connectivity index (χ4v) is 5.28. The Kier molecular flexibility index (Phi) is 7.88. The van der Waals surface area contributed by atoms with Crippen LogP contribution in [0.3, 0.4) is 0 Å². The fourth-order valence-electron chi connectivity index (χ4n) is 3.99. The van der Waals surface area contributed by atoms with E-state index in [1.165, 1.54) is 21.3 Å². The number of aryl methyl sites for hydroxylation is 1. The van der Waals surface area contributed by atoms with E-state index < -0.39 is 27.9 Å². The van der Waals surface area contributed by atoms with Gasteiger partial charge >= 0.3 is 5.97 Å². The number of aliphatic carboxylic acids is 1. The van der Waals surface area contributed by atoms with Gasteiger partial charge in [-0.1, -0.05) is 0 Å². The molecule has 0 aliphatic carbocycles. The van der Waals surface area contributed by atoms with Gasteiger partial charge in [0.15, 0.2) is 10.8 Å². The van der Waals surface area contributed by atoms with Crippen molar-refractivity contribution in [3.05, 3.63) is 29.6 Å². The number of rotatable bonds is 7. The molecule has 2 aliphatic heterocycles. The van der Waals surface area contributed by atoms with Crippen molar-refractivity contribution < 1.29 is 27.9 Å². The van der Waals surface area contributed by atoms with Crippen molar-refractivity contribution >= 4 is 33.7 Å². The quantitative estimate of drug-likeness (QED) is 0.427. The van der Waals surface area contributed by atoms with Crippen LogP contribution in [0.2, 0.25) is 0 Å². The molecule has 15 nitrogen and oxygen atoms in total. The van der Waals surface area contributed by atoms with E-state index in [0.29, 0.717) is 31.3 Å². The Bertz CT molecular complexity index is 1310. The fraction of sp³-hybridized carbons (Fsp3) is 0.476. The van der Waals surface area contributed by atoms with Crippen LogP contribution in [0.15, 0.2) is 23.2 Å². The van der Waals surface area contributed by atoms with Gasteiger partial charge in [-0.3, -0.25) is 14.5 Å². The average Bonchev–Trinajstić information content (AvgIpc) is 2.88. The van der Waals surface area contributed by atoms with Crippen LogP contribution in [0.4, 0.5) is 11.8 Å². The summed E-state index contributed by atoms with van der Waals surface area (Å²) in [6.07, 6.45) is 0. The third kappa shape index (κ3) is 6.14. The normalized spacial score (nSPS) is 19.2. The highest BCUT2D eigenvalue weighted by Crippen LogP contribution is 2.19. The highest BCUT2D eigenvalue weighted by Gasteiger charge is 2.33. The number of nitrogens with zero attached hydrogens (tertiary/aromatic N) is 8. The Morgan fingerprint density at radius 3 is 2.59 bits per heavy atom. The summed E-state index contributed by atoms with van der Waals surface area (Å²) in [7, 11) is -3.94. The van der Waals surface area contributed by atoms with Crippen LogP contribution in [0.1, 0.15) is 11.4 Å². The smallest absolute Gasteiger partial charge is 0.317 e. The maximum Gasteiger partial charge on any atom is 0.317 e. The predicted octanol–water partition coefficient (Wildman–Crippen LogP) is -1.32. The summed E-state index contributed by atoms with van der Waals surface area (Å²) in [5.74, 6) is -1.19. The third-order valence-electron chi connectivity index (χ3n) is 5.85. The molecule has 1 atom stereocenters. The Morgan fingerprint density at radius 2 is 1.95 bits per heavy atom. The molecule has 0 aromatic carbocycles. The van der Waals surface area contributed by atoms with Gasteiger partial charge in [0.1, 0.15) is 17.8 Å². The summed E-state index contributed by atoms with van der Waals surface area (Å²) in [6, 6.07) is 5.31. The molecule has 2 saturated heterocycles. The number of piperazine rings is 1. The predicted molar refractivity (Wildman–Crippen MR) is 127 cm³/mol. The second-order valence-corrected chi connectivity index (χ2v) is 10.3. The number of hydrogen-bond donors (Lipinski definition) is 2. The van der Waals surface area contributed by atoms with Crippen LogP contribution in [0.25, 0.3) is 0 Å². The number of ether oxygens (including phenoxy) is 1. The molecular formula is C21H25N9O6S. The Balaban J connectivity index is 1.38. The molecule has 2 aliphatic rings. The number of morpholine rings is 1. The average molecular weight is 532 g/mol. The van der Waals surface area contributed by atoms with Gasteiger partial charge in [0, 0.05) is 38.4 Å². The summed E-state index contributed by atoms with van der Waals surface area (Å²) >= 11 is 0. The molecule has 1 amide bonds. The lowest BCUT2D eigenvalue weighted by Gasteiger charge is -2.33. The molecule has 0 spiro atoms. The van der Waals surface area contributed by atoms with Crippen LogP contribution in [-0.4, -0.2) is 113 Å². The zero-order chi connectivity index (χ0) is 26.6. The number of carbonyl (C=O) groups excluding carboxylic acids is 1. The lowest BCUT2D eigenvalue weighted by atomic mass is 10.2. The van der Waals surface area contributed by atoms with Gasteiger partial charge in [-0.05, 0) is 25.1 Å². The number of hydrogen-bond acceptors (Lipinski definition) is 12. The molecule has 4 heterocycles. The van der Waals surface area contributed by atoms with E-state index in [9.17, 15) is 18.0 Å². The number of aromatic nitrogens is 4. The largest absolute Gasteiger partial charge is 0.480 e. The molecule has 196 valence electrons. The molecule has 0 saturated carbocycles. The van der Waals surface area contributed by atoms with Crippen LogP contribution in [-0.2, 0) is 24.3 Å². The number of carboxylic acids is 1. The van der Waals surface area contributed by atoms with Crippen molar-refractivity contribution in [2.24, 2.45) is 0 Å². The second-order valence-electron chi connectivity index (χ2n) is 8.40. The Hall–Kier alpha value is -3.78. The first kappa shape index (κ1) is 26.3. The van der Waals surface area contributed by atoms with Gasteiger partial charge in [-0.2, -0.15) is 9.57 Å². The number of amides is 1. The number of carbonyl (C=O) groups is 2. The van der Waals surface area contributed by atoms with E-state index in [1.54, 1.807) is 13.0 Å². The first-order valence-electron chi connectivity index (χ1n) is 11.4. The van der Waals surface area contributed by atoms with Gasteiger partial charge < -0.3 is 20.1 Å². The molecule has 0 unspecified atom stereocenters. The van der Waals surface area contributed by atoms with Crippen molar-refractivity contribution in [2.45, 2.75) is 18.0 Å². The summed E-state index contributed by atoms with van der Waals surface area (Å²) in [4.78, 5) is 35.5. The minimum Gasteiger partial charge on any atom is -0.480 e. The number of nitriles is 1. The molecular weight excluding hydrogens is 506 g/mol. The number of nitrogens with one attached hydrogen (secondary N) is 1. The van der Waals surface area contributed by atoms with Crippen molar-refractivity contribution in [1.29, 1.82) is 5.26 Å². The van der Waals surface area contributed by atoms with E-state index >= 15 is 0 Å². The Morgan fingerprint density at radius 1 is 1.19 bits per heavy atom. The number of anilines is 2. The maximum atomic E-state index is 13.1. The van der Waals surface area contributed by atoms with E-state index in [0.717, 1.165) is 0 Å². The molecule has 2 N–H and O–H groups in total. The van der Waals surface area contributed by atoms with Crippen LogP contribution < -0.4 is 10.2 Å². The van der Waals surface area contributed by atoms with Gasteiger partial charge in [-0.25, -0.2) is 18.4 Å². The van der Waals surface area contributed by atoms with Crippen LogP contribution in [0, 0.1) is 18.3 Å². The topological polar surface area (TPSA) is 195 Å². The molecule has 2 aromatic heterocycles. The molecule has 16 heteroatoms. The molecule has 37 heavy (non-hydrogen) atoms. The third-order valence-corrected chi connectivity index (χ3v) is 7.65. The Labute approximate surface area is 212 Å². The summed E-state index contributed by atoms with van der Waals surface area (Å²) in [5.41, 5.74) is 0.885. The number of sulfonamides is 1. The van der Waals surface area contributed by atoms with Crippen LogP contribution in [0.5, 0.6) is 0 Å². The van der Waals surface area contributed by atoms with E-state index in [1.807, 2.05) is 11.0 Å². The zero-order valence-corrected chi connectivity index (χ0v) is 20.8. The van der Waals surface area contributed by atoms with Crippen molar-refractivity contribution in [1.82, 2.24) is 29.4 Å². The zero-order valence-electron chi connectivity index (χ0n) is 19.9. The SMILES string of the molecule is Cc1cc(C#N)nc(N2CCN(S(=O)(=O)c3ccc(NC(=O)[C@H]4COCCN4CC(=O)O)nn3)CC2)n1. The van der Waals surface area contributed by atoms with Gasteiger partial charge in [-0.15, -0.1) is 10.2 Å². The minimum absolute atomic E-state index is 0.0242. The highest BCUT2D eigenvalue weighted by molar-refractivity contribution is 7.89. The second kappa shape index (κ2) is 11.1. The number of carboxylic acid groups (broad SMARTS) is 1. The summed E-state index contributed by atoms with van der Waals surface area (Å²) < 4.78 is 32.7. The first-order chi connectivity index (χ1) is 17.7. The molecule has 2 aromatic rings. The first-order valence-corrected chi connectivity index (χ1v) is 12.8. The van der Waals surface area contributed by atoms with Crippen LogP contribution >= 0.6 is 0 Å². The lowest BCUT2D eigenvalue weighted by molar-refractivity contribution is -0.142. The summed E-state index contributed by atoms with van der Waals surface area (Å²) in [6.45, 7) is 3.03. The molecule has 2 fully saturated rings. The van der Waals surface area contributed by atoms with Gasteiger partial charge in [0.25, 0.3) is 10.0 Å². The maximum absolute atomic E-state index is 13.1. The molecule has 0 radical (unpaired) electrons. The molecule has 0 bridgehead atoms. The van der Waals surface area contributed by atoms with Crippen molar-refractivity contribution in [3.63, 3.8) is 0 Å². The van der Waals surface area contributed by atoms with E-state index in [2.05, 4.69) is 25.5 Å². The van der Waals surface area contributed by atoms with Crippen molar-refractivity contribution in [2.75, 3.05) is 62.7 Å². The monoisotopic (exact) mass is 531 g/mol. The highest BCUT2D eigenvalue weighted by atomic mass is 32.2.